The van der Waals surface area contributed by atoms with Gasteiger partial charge in [-0.2, -0.15) is 0 Å². The van der Waals surface area contributed by atoms with E-state index >= 15 is 0 Å². The summed E-state index contributed by atoms with van der Waals surface area (Å²) >= 11 is 0. The Bertz CT molecular complexity index is 718. The summed E-state index contributed by atoms with van der Waals surface area (Å²) in [5.41, 5.74) is 0.777. The van der Waals surface area contributed by atoms with Crippen LogP contribution in [0.4, 0.5) is 10.1 Å². The van der Waals surface area contributed by atoms with Crippen molar-refractivity contribution in [3.8, 4) is 5.75 Å². The van der Waals surface area contributed by atoms with E-state index in [4.69, 9.17) is 9.47 Å². The third-order valence-electron chi connectivity index (χ3n) is 3.19. The van der Waals surface area contributed by atoms with Gasteiger partial charge in [0.05, 0.1) is 0 Å². The summed E-state index contributed by atoms with van der Waals surface area (Å²) in [4.78, 5) is 23.6. The zero-order chi connectivity index (χ0) is 17.5. The molecule has 0 fully saturated rings. The SMILES string of the molecule is Cc1ccc(NC(=O)COC(=O)[C@H](C)Oc2ccccc2)cc1F. The molecule has 24 heavy (non-hydrogen) atoms. The van der Waals surface area contributed by atoms with Gasteiger partial charge in [-0.15, -0.1) is 0 Å². The molecule has 2 rings (SSSR count). The molecular formula is C18H18FNO4. The maximum atomic E-state index is 13.4. The molecule has 6 heteroatoms. The molecule has 0 spiro atoms. The van der Waals surface area contributed by atoms with Crippen molar-refractivity contribution in [2.45, 2.75) is 20.0 Å². The van der Waals surface area contributed by atoms with Crippen molar-refractivity contribution in [2.75, 3.05) is 11.9 Å². The van der Waals surface area contributed by atoms with Gasteiger partial charge in [0.2, 0.25) is 0 Å². The third-order valence-corrected chi connectivity index (χ3v) is 3.19. The van der Waals surface area contributed by atoms with Crippen molar-refractivity contribution < 1.29 is 23.5 Å². The molecule has 0 bridgehead atoms. The first-order valence-electron chi connectivity index (χ1n) is 7.40. The van der Waals surface area contributed by atoms with E-state index in [1.165, 1.54) is 13.0 Å². The number of para-hydroxylation sites is 1. The molecule has 0 unspecified atom stereocenters. The van der Waals surface area contributed by atoms with E-state index in [0.29, 0.717) is 17.0 Å². The van der Waals surface area contributed by atoms with Gasteiger partial charge in [0, 0.05) is 5.69 Å². The van der Waals surface area contributed by atoms with E-state index in [2.05, 4.69) is 5.32 Å². The molecule has 0 aliphatic carbocycles. The number of hydrogen-bond acceptors (Lipinski definition) is 4. The lowest BCUT2D eigenvalue weighted by Gasteiger charge is -2.14. The van der Waals surface area contributed by atoms with Crippen LogP contribution in [0.1, 0.15) is 12.5 Å². The topological polar surface area (TPSA) is 64.6 Å². The fraction of sp³-hybridized carbons (Fsp3) is 0.222. The number of hydrogen-bond donors (Lipinski definition) is 1. The van der Waals surface area contributed by atoms with Crippen LogP contribution in [-0.2, 0) is 14.3 Å². The molecule has 0 saturated carbocycles. The number of benzene rings is 2. The van der Waals surface area contributed by atoms with Crippen LogP contribution >= 0.6 is 0 Å². The Labute approximate surface area is 139 Å². The molecule has 2 aromatic rings. The van der Waals surface area contributed by atoms with Gasteiger partial charge >= 0.3 is 5.97 Å². The maximum Gasteiger partial charge on any atom is 0.347 e. The van der Waals surface area contributed by atoms with E-state index in [9.17, 15) is 14.0 Å². The smallest absolute Gasteiger partial charge is 0.347 e. The van der Waals surface area contributed by atoms with Crippen molar-refractivity contribution in [1.82, 2.24) is 0 Å². The minimum Gasteiger partial charge on any atom is -0.479 e. The van der Waals surface area contributed by atoms with Crippen LogP contribution in [0.25, 0.3) is 0 Å². The highest BCUT2D eigenvalue weighted by Crippen LogP contribution is 2.14. The number of aryl methyl sites for hydroxylation is 1. The van der Waals surface area contributed by atoms with Crippen molar-refractivity contribution in [3.63, 3.8) is 0 Å². The minimum absolute atomic E-state index is 0.299. The Balaban J connectivity index is 1.80. The Kier molecular flexibility index (Phi) is 5.89. The first kappa shape index (κ1) is 17.5. The van der Waals surface area contributed by atoms with Gasteiger partial charge in [-0.1, -0.05) is 24.3 Å². The number of carbonyl (C=O) groups excluding carboxylic acids is 2. The van der Waals surface area contributed by atoms with E-state index in [-0.39, 0.29) is 0 Å². The molecule has 0 radical (unpaired) electrons. The lowest BCUT2D eigenvalue weighted by molar-refractivity contribution is -0.153. The zero-order valence-corrected chi connectivity index (χ0v) is 13.4. The molecule has 126 valence electrons. The van der Waals surface area contributed by atoms with Crippen molar-refractivity contribution >= 4 is 17.6 Å². The predicted octanol–water partition coefficient (Wildman–Crippen LogP) is 3.08. The minimum atomic E-state index is -0.850. The van der Waals surface area contributed by atoms with Gasteiger partial charge in [-0.3, -0.25) is 4.79 Å². The van der Waals surface area contributed by atoms with Gasteiger partial charge in [0.25, 0.3) is 5.91 Å². The highest BCUT2D eigenvalue weighted by Gasteiger charge is 2.17. The van der Waals surface area contributed by atoms with Crippen molar-refractivity contribution in [2.24, 2.45) is 0 Å². The fourth-order valence-corrected chi connectivity index (χ4v) is 1.87. The van der Waals surface area contributed by atoms with Crippen LogP contribution < -0.4 is 10.1 Å². The molecule has 0 aromatic heterocycles. The Morgan fingerprint density at radius 1 is 1.17 bits per heavy atom. The summed E-state index contributed by atoms with van der Waals surface area (Å²) in [5, 5.41) is 2.46. The second-order valence-corrected chi connectivity index (χ2v) is 5.19. The van der Waals surface area contributed by atoms with Crippen LogP contribution in [0.3, 0.4) is 0 Å². The summed E-state index contributed by atoms with van der Waals surface area (Å²) in [6.45, 7) is 2.68. The summed E-state index contributed by atoms with van der Waals surface area (Å²) in [5.74, 6) is -1.11. The second-order valence-electron chi connectivity index (χ2n) is 5.19. The first-order valence-corrected chi connectivity index (χ1v) is 7.40. The molecule has 2 aromatic carbocycles. The largest absolute Gasteiger partial charge is 0.479 e. The van der Waals surface area contributed by atoms with Gasteiger partial charge in [-0.25, -0.2) is 9.18 Å². The van der Waals surface area contributed by atoms with Gasteiger partial charge in [0.15, 0.2) is 12.7 Å². The van der Waals surface area contributed by atoms with E-state index in [0.717, 1.165) is 0 Å². The summed E-state index contributed by atoms with van der Waals surface area (Å²) in [6.07, 6.45) is -0.850. The first-order chi connectivity index (χ1) is 11.5. The Morgan fingerprint density at radius 2 is 1.88 bits per heavy atom. The van der Waals surface area contributed by atoms with Crippen LogP contribution in [0.5, 0.6) is 5.75 Å². The van der Waals surface area contributed by atoms with Gasteiger partial charge in [0.1, 0.15) is 11.6 Å². The van der Waals surface area contributed by atoms with Crippen LogP contribution in [0.15, 0.2) is 48.5 Å². The van der Waals surface area contributed by atoms with E-state index < -0.39 is 30.4 Å². The molecule has 1 amide bonds. The molecule has 5 nitrogen and oxygen atoms in total. The summed E-state index contributed by atoms with van der Waals surface area (Å²) < 4.78 is 23.7. The number of esters is 1. The van der Waals surface area contributed by atoms with Crippen LogP contribution in [0.2, 0.25) is 0 Å². The fourth-order valence-electron chi connectivity index (χ4n) is 1.87. The second kappa shape index (κ2) is 8.10. The summed E-state index contributed by atoms with van der Waals surface area (Å²) in [7, 11) is 0. The van der Waals surface area contributed by atoms with Crippen molar-refractivity contribution in [1.29, 1.82) is 0 Å². The van der Waals surface area contributed by atoms with Gasteiger partial charge < -0.3 is 14.8 Å². The van der Waals surface area contributed by atoms with E-state index in [1.807, 2.05) is 6.07 Å². The average Bonchev–Trinajstić information content (AvgIpc) is 2.57. The number of rotatable bonds is 6. The number of amides is 1. The highest BCUT2D eigenvalue weighted by molar-refractivity contribution is 5.93. The van der Waals surface area contributed by atoms with E-state index in [1.54, 1.807) is 43.3 Å². The number of halogens is 1. The average molecular weight is 331 g/mol. The molecule has 1 atom stereocenters. The molecule has 1 N–H and O–H groups in total. The molecule has 0 saturated heterocycles. The highest BCUT2D eigenvalue weighted by atomic mass is 19.1. The maximum absolute atomic E-state index is 13.4. The Hall–Kier alpha value is -2.89. The monoisotopic (exact) mass is 331 g/mol. The molecular weight excluding hydrogens is 313 g/mol. The lowest BCUT2D eigenvalue weighted by Crippen LogP contribution is -2.29. The van der Waals surface area contributed by atoms with Crippen LogP contribution in [0, 0.1) is 12.7 Å². The standard InChI is InChI=1S/C18H18FNO4/c1-12-8-9-14(10-16(12)19)20-17(21)11-23-18(22)13(2)24-15-6-4-3-5-7-15/h3-10,13H,11H2,1-2H3,(H,20,21)/t13-/m0/s1. The number of anilines is 1. The number of carbonyl (C=O) groups is 2. The normalized spacial score (nSPS) is 11.5. The summed E-state index contributed by atoms with van der Waals surface area (Å²) in [6, 6.07) is 13.1. The predicted molar refractivity (Wildman–Crippen MR) is 87.3 cm³/mol. The number of ether oxygens (including phenoxy) is 2. The van der Waals surface area contributed by atoms with Crippen molar-refractivity contribution in [3.05, 3.63) is 59.9 Å². The quantitative estimate of drug-likeness (QED) is 0.826. The molecule has 0 aliphatic rings. The van der Waals surface area contributed by atoms with Gasteiger partial charge in [-0.05, 0) is 43.7 Å². The van der Waals surface area contributed by atoms with Crippen LogP contribution in [-0.4, -0.2) is 24.6 Å². The lowest BCUT2D eigenvalue weighted by atomic mass is 10.2. The third kappa shape index (κ3) is 5.08. The zero-order valence-electron chi connectivity index (χ0n) is 13.4. The number of nitrogens with one attached hydrogen (secondary N) is 1. The molecule has 0 heterocycles. The molecule has 0 aliphatic heterocycles. The Morgan fingerprint density at radius 3 is 2.54 bits per heavy atom.